The highest BCUT2D eigenvalue weighted by molar-refractivity contribution is 6.30. The van der Waals surface area contributed by atoms with Gasteiger partial charge in [0.15, 0.2) is 0 Å². The largest absolute Gasteiger partial charge is 0.282 e. The van der Waals surface area contributed by atoms with Crippen LogP contribution in [0, 0.1) is 0 Å². The van der Waals surface area contributed by atoms with E-state index in [1.807, 2.05) is 6.07 Å². The fraction of sp³-hybridized carbons (Fsp3) is 0. The Balaban J connectivity index is 2.27. The average Bonchev–Trinajstić information content (AvgIpc) is 2.41. The van der Waals surface area contributed by atoms with E-state index in [0.29, 0.717) is 21.6 Å². The maximum atomic E-state index is 12.2. The summed E-state index contributed by atoms with van der Waals surface area (Å²) in [5, 5.41) is 9.09. The highest BCUT2D eigenvalue weighted by Gasteiger charge is 2.06. The van der Waals surface area contributed by atoms with Crippen LogP contribution in [-0.4, -0.2) is 15.0 Å². The van der Waals surface area contributed by atoms with Crippen LogP contribution in [0.3, 0.4) is 0 Å². The number of benzene rings is 2. The molecule has 0 aliphatic heterocycles. The van der Waals surface area contributed by atoms with Crippen molar-refractivity contribution in [2.75, 3.05) is 0 Å². The Hall–Kier alpha value is -2.20. The average molecular weight is 258 g/mol. The van der Waals surface area contributed by atoms with Gasteiger partial charge in [-0.2, -0.15) is 4.68 Å². The van der Waals surface area contributed by atoms with Gasteiger partial charge in [-0.3, -0.25) is 4.79 Å². The summed E-state index contributed by atoms with van der Waals surface area (Å²) in [5.74, 6) is 0. The summed E-state index contributed by atoms with van der Waals surface area (Å²) in [6.45, 7) is 0. The third-order valence-electron chi connectivity index (χ3n) is 2.64. The summed E-state index contributed by atoms with van der Waals surface area (Å²) >= 11 is 5.81. The van der Waals surface area contributed by atoms with Gasteiger partial charge in [0, 0.05) is 5.02 Å². The van der Waals surface area contributed by atoms with Gasteiger partial charge in [-0.25, -0.2) is 0 Å². The molecule has 88 valence electrons. The molecule has 0 aliphatic rings. The van der Waals surface area contributed by atoms with E-state index in [2.05, 4.69) is 10.3 Å². The minimum Gasteiger partial charge on any atom is -0.267 e. The minimum absolute atomic E-state index is 0.192. The highest BCUT2D eigenvalue weighted by atomic mass is 35.5. The highest BCUT2D eigenvalue weighted by Crippen LogP contribution is 2.12. The lowest BCUT2D eigenvalue weighted by Gasteiger charge is -2.04. The molecule has 1 heterocycles. The monoisotopic (exact) mass is 257 g/mol. The van der Waals surface area contributed by atoms with E-state index in [-0.39, 0.29) is 5.56 Å². The van der Waals surface area contributed by atoms with Gasteiger partial charge in [-0.15, -0.1) is 5.10 Å². The Morgan fingerprint density at radius 2 is 1.72 bits per heavy atom. The molecule has 0 saturated heterocycles. The number of fused-ring (bicyclic) bond motifs is 1. The molecule has 0 fully saturated rings. The molecule has 3 rings (SSSR count). The van der Waals surface area contributed by atoms with Crippen molar-refractivity contribution in [1.82, 2.24) is 15.0 Å². The van der Waals surface area contributed by atoms with Crippen molar-refractivity contribution in [3.05, 3.63) is 63.9 Å². The molecule has 0 amide bonds. The number of hydrogen-bond acceptors (Lipinski definition) is 3. The van der Waals surface area contributed by atoms with Crippen LogP contribution in [0.4, 0.5) is 0 Å². The number of nitrogens with zero attached hydrogens (tertiary/aromatic N) is 3. The molecule has 0 spiro atoms. The molecule has 1 aromatic heterocycles. The SMILES string of the molecule is O=c1c2ccccc2nnn1-c1ccc(Cl)cc1. The summed E-state index contributed by atoms with van der Waals surface area (Å²) in [6, 6.07) is 14.0. The van der Waals surface area contributed by atoms with E-state index in [0.717, 1.165) is 0 Å². The first-order valence-corrected chi connectivity index (χ1v) is 5.74. The topological polar surface area (TPSA) is 47.8 Å². The van der Waals surface area contributed by atoms with Gasteiger partial charge in [0.25, 0.3) is 5.56 Å². The Morgan fingerprint density at radius 3 is 2.50 bits per heavy atom. The molecule has 2 aromatic carbocycles. The molecule has 5 heteroatoms. The minimum atomic E-state index is -0.192. The Labute approximate surface area is 107 Å². The van der Waals surface area contributed by atoms with E-state index in [1.165, 1.54) is 4.68 Å². The maximum Gasteiger partial charge on any atom is 0.282 e. The van der Waals surface area contributed by atoms with Crippen LogP contribution in [0.25, 0.3) is 16.6 Å². The zero-order chi connectivity index (χ0) is 12.5. The van der Waals surface area contributed by atoms with Crippen LogP contribution in [-0.2, 0) is 0 Å². The molecule has 0 saturated carbocycles. The first-order valence-electron chi connectivity index (χ1n) is 5.36. The van der Waals surface area contributed by atoms with Crippen LogP contribution in [0.1, 0.15) is 0 Å². The molecule has 0 bridgehead atoms. The quantitative estimate of drug-likeness (QED) is 0.673. The molecule has 0 radical (unpaired) electrons. The number of halogens is 1. The van der Waals surface area contributed by atoms with E-state index in [4.69, 9.17) is 11.6 Å². The maximum absolute atomic E-state index is 12.2. The first kappa shape index (κ1) is 10.9. The van der Waals surface area contributed by atoms with Gasteiger partial charge in [-0.1, -0.05) is 28.9 Å². The molecular formula is C13H8ClN3O. The molecule has 0 unspecified atom stereocenters. The fourth-order valence-corrected chi connectivity index (χ4v) is 1.87. The second-order valence-corrected chi connectivity index (χ2v) is 4.24. The van der Waals surface area contributed by atoms with Gasteiger partial charge >= 0.3 is 0 Å². The lowest BCUT2D eigenvalue weighted by molar-refractivity contribution is 0.738. The molecule has 3 aromatic rings. The third kappa shape index (κ3) is 1.76. The van der Waals surface area contributed by atoms with Crippen molar-refractivity contribution < 1.29 is 0 Å². The van der Waals surface area contributed by atoms with Crippen LogP contribution in [0.5, 0.6) is 0 Å². The fourth-order valence-electron chi connectivity index (χ4n) is 1.74. The van der Waals surface area contributed by atoms with Gasteiger partial charge in [-0.05, 0) is 36.4 Å². The molecule has 18 heavy (non-hydrogen) atoms. The van der Waals surface area contributed by atoms with E-state index in [9.17, 15) is 4.79 Å². The smallest absolute Gasteiger partial charge is 0.267 e. The summed E-state index contributed by atoms with van der Waals surface area (Å²) in [6.07, 6.45) is 0. The lowest BCUT2D eigenvalue weighted by atomic mass is 10.2. The van der Waals surface area contributed by atoms with Gasteiger partial charge in [0.2, 0.25) is 0 Å². The van der Waals surface area contributed by atoms with Crippen molar-refractivity contribution in [3.63, 3.8) is 0 Å². The zero-order valence-corrected chi connectivity index (χ0v) is 10.0. The molecular weight excluding hydrogens is 250 g/mol. The van der Waals surface area contributed by atoms with Crippen LogP contribution in [0.15, 0.2) is 53.3 Å². The summed E-state index contributed by atoms with van der Waals surface area (Å²) in [5.41, 5.74) is 1.04. The normalized spacial score (nSPS) is 10.7. The van der Waals surface area contributed by atoms with Gasteiger partial charge in [0.1, 0.15) is 5.52 Å². The molecule has 0 N–H and O–H groups in total. The van der Waals surface area contributed by atoms with Crippen molar-refractivity contribution in [2.45, 2.75) is 0 Å². The summed E-state index contributed by atoms with van der Waals surface area (Å²) < 4.78 is 1.26. The van der Waals surface area contributed by atoms with E-state index < -0.39 is 0 Å². The van der Waals surface area contributed by atoms with Gasteiger partial charge in [0.05, 0.1) is 11.1 Å². The zero-order valence-electron chi connectivity index (χ0n) is 9.25. The predicted molar refractivity (Wildman–Crippen MR) is 70.1 cm³/mol. The molecule has 4 nitrogen and oxygen atoms in total. The number of rotatable bonds is 1. The lowest BCUT2D eigenvalue weighted by Crippen LogP contribution is -2.22. The summed E-state index contributed by atoms with van der Waals surface area (Å²) in [4.78, 5) is 12.2. The summed E-state index contributed by atoms with van der Waals surface area (Å²) in [7, 11) is 0. The van der Waals surface area contributed by atoms with E-state index in [1.54, 1.807) is 42.5 Å². The second-order valence-electron chi connectivity index (χ2n) is 3.80. The second kappa shape index (κ2) is 4.23. The molecule has 0 atom stereocenters. The first-order chi connectivity index (χ1) is 8.75. The van der Waals surface area contributed by atoms with Crippen molar-refractivity contribution in [1.29, 1.82) is 0 Å². The Bertz CT molecular complexity index is 765. The standard InChI is InChI=1S/C13H8ClN3O/c14-9-5-7-10(8-6-9)17-13(18)11-3-1-2-4-12(11)15-16-17/h1-8H. The molecule has 0 aliphatic carbocycles. The van der Waals surface area contributed by atoms with Crippen molar-refractivity contribution in [2.24, 2.45) is 0 Å². The Morgan fingerprint density at radius 1 is 1.00 bits per heavy atom. The number of aromatic nitrogens is 3. The van der Waals surface area contributed by atoms with E-state index >= 15 is 0 Å². The van der Waals surface area contributed by atoms with Gasteiger partial charge < -0.3 is 0 Å². The number of hydrogen-bond donors (Lipinski definition) is 0. The van der Waals surface area contributed by atoms with Crippen LogP contribution < -0.4 is 5.56 Å². The van der Waals surface area contributed by atoms with Crippen molar-refractivity contribution >= 4 is 22.5 Å². The predicted octanol–water partition coefficient (Wildman–Crippen LogP) is 2.43. The van der Waals surface area contributed by atoms with Crippen LogP contribution >= 0.6 is 11.6 Å². The Kier molecular flexibility index (Phi) is 2.57. The van der Waals surface area contributed by atoms with Crippen LogP contribution in [0.2, 0.25) is 5.02 Å². The third-order valence-corrected chi connectivity index (χ3v) is 2.89. The van der Waals surface area contributed by atoms with Crippen molar-refractivity contribution in [3.8, 4) is 5.69 Å².